The Morgan fingerprint density at radius 3 is 2.45 bits per heavy atom. The average molecular weight is 283 g/mol. The number of aliphatic carboxylic acids is 1. The van der Waals surface area contributed by atoms with Crippen molar-refractivity contribution >= 4 is 17.8 Å². The van der Waals surface area contributed by atoms with Gasteiger partial charge in [0.15, 0.2) is 5.76 Å². The molecule has 8 heteroatoms. The van der Waals surface area contributed by atoms with Gasteiger partial charge in [-0.25, -0.2) is 0 Å². The minimum Gasteiger partial charge on any atom is -0.480 e. The van der Waals surface area contributed by atoms with Gasteiger partial charge in [-0.1, -0.05) is 19.0 Å². The van der Waals surface area contributed by atoms with Crippen LogP contribution in [0, 0.1) is 6.92 Å². The summed E-state index contributed by atoms with van der Waals surface area (Å²) in [5, 5.41) is 16.7. The van der Waals surface area contributed by atoms with Crippen LogP contribution in [0.2, 0.25) is 0 Å². The van der Waals surface area contributed by atoms with Gasteiger partial charge in [0.25, 0.3) is 5.91 Å². The molecule has 1 rings (SSSR count). The normalized spacial score (nSPS) is 10.4. The fraction of sp³-hybridized carbons (Fsp3) is 0.500. The topological polar surface area (TPSA) is 122 Å². The molecule has 0 fully saturated rings. The van der Waals surface area contributed by atoms with Crippen molar-refractivity contribution in [2.24, 2.45) is 0 Å². The Bertz CT molecular complexity index is 521. The zero-order chi connectivity index (χ0) is 15.3. The molecule has 0 unspecified atom stereocenters. The lowest BCUT2D eigenvalue weighted by Crippen LogP contribution is -2.39. The van der Waals surface area contributed by atoms with E-state index < -0.39 is 24.3 Å². The average Bonchev–Trinajstić information content (AvgIpc) is 2.75. The molecule has 8 nitrogen and oxygen atoms in total. The number of aryl methyl sites for hydroxylation is 1. The number of hydrogen-bond donors (Lipinski definition) is 3. The third kappa shape index (κ3) is 4.08. The van der Waals surface area contributed by atoms with Crippen molar-refractivity contribution in [1.29, 1.82) is 0 Å². The number of carboxylic acids is 1. The first kappa shape index (κ1) is 15.7. The van der Waals surface area contributed by atoms with E-state index in [9.17, 15) is 14.4 Å². The predicted octanol–water partition coefficient (Wildman–Crippen LogP) is 0.0370. The molecule has 0 spiro atoms. The van der Waals surface area contributed by atoms with E-state index in [0.717, 1.165) is 0 Å². The molecule has 0 saturated carbocycles. The van der Waals surface area contributed by atoms with Crippen molar-refractivity contribution in [2.75, 3.05) is 13.1 Å². The SMILES string of the molecule is Cc1noc(C(C)C)c1C(=O)NCC(=O)NCC(=O)O. The highest BCUT2D eigenvalue weighted by Crippen LogP contribution is 2.21. The van der Waals surface area contributed by atoms with Crippen molar-refractivity contribution < 1.29 is 24.0 Å². The molecule has 20 heavy (non-hydrogen) atoms. The Morgan fingerprint density at radius 2 is 1.90 bits per heavy atom. The van der Waals surface area contributed by atoms with Gasteiger partial charge in [-0.15, -0.1) is 0 Å². The molecule has 3 N–H and O–H groups in total. The number of carboxylic acid groups (broad SMARTS) is 1. The van der Waals surface area contributed by atoms with Gasteiger partial charge in [-0.05, 0) is 6.92 Å². The number of nitrogens with zero attached hydrogens (tertiary/aromatic N) is 1. The van der Waals surface area contributed by atoms with E-state index in [4.69, 9.17) is 9.63 Å². The zero-order valence-corrected chi connectivity index (χ0v) is 11.5. The fourth-order valence-corrected chi connectivity index (χ4v) is 1.54. The van der Waals surface area contributed by atoms with Crippen molar-refractivity contribution in [3.05, 3.63) is 17.0 Å². The molecule has 0 aliphatic heterocycles. The summed E-state index contributed by atoms with van der Waals surface area (Å²) in [4.78, 5) is 33.6. The maximum atomic E-state index is 12.0. The molecule has 1 aromatic rings. The second kappa shape index (κ2) is 6.69. The molecule has 0 aliphatic carbocycles. The number of carbonyl (C=O) groups excluding carboxylic acids is 2. The minimum atomic E-state index is -1.15. The van der Waals surface area contributed by atoms with E-state index in [1.807, 2.05) is 13.8 Å². The first-order valence-corrected chi connectivity index (χ1v) is 6.05. The van der Waals surface area contributed by atoms with Crippen LogP contribution in [0.15, 0.2) is 4.52 Å². The van der Waals surface area contributed by atoms with Crippen molar-refractivity contribution in [1.82, 2.24) is 15.8 Å². The number of aromatic nitrogens is 1. The Hall–Kier alpha value is -2.38. The number of hydrogen-bond acceptors (Lipinski definition) is 5. The minimum absolute atomic E-state index is 0.0159. The van der Waals surface area contributed by atoms with Gasteiger partial charge in [0.05, 0.1) is 12.2 Å². The maximum Gasteiger partial charge on any atom is 0.322 e. The van der Waals surface area contributed by atoms with Gasteiger partial charge in [0.2, 0.25) is 5.91 Å². The molecule has 0 bridgehead atoms. The first-order chi connectivity index (χ1) is 9.32. The lowest BCUT2D eigenvalue weighted by molar-refractivity contribution is -0.137. The van der Waals surface area contributed by atoms with Crippen LogP contribution in [0.25, 0.3) is 0 Å². The summed E-state index contributed by atoms with van der Waals surface area (Å²) >= 11 is 0. The monoisotopic (exact) mass is 283 g/mol. The van der Waals surface area contributed by atoms with Crippen molar-refractivity contribution in [3.63, 3.8) is 0 Å². The van der Waals surface area contributed by atoms with Crippen LogP contribution in [0.4, 0.5) is 0 Å². The van der Waals surface area contributed by atoms with Gasteiger partial charge >= 0.3 is 5.97 Å². The molecule has 0 aliphatic rings. The van der Waals surface area contributed by atoms with Crippen LogP contribution in [-0.2, 0) is 9.59 Å². The van der Waals surface area contributed by atoms with Gasteiger partial charge < -0.3 is 20.3 Å². The predicted molar refractivity (Wildman–Crippen MR) is 68.3 cm³/mol. The summed E-state index contributed by atoms with van der Waals surface area (Å²) in [6.45, 7) is 4.55. The highest BCUT2D eigenvalue weighted by molar-refractivity contribution is 5.98. The fourth-order valence-electron chi connectivity index (χ4n) is 1.54. The molecular weight excluding hydrogens is 266 g/mol. The summed E-state index contributed by atoms with van der Waals surface area (Å²) in [5.41, 5.74) is 0.753. The highest BCUT2D eigenvalue weighted by Gasteiger charge is 2.22. The number of amides is 2. The Kier molecular flexibility index (Phi) is 5.24. The number of carbonyl (C=O) groups is 3. The van der Waals surface area contributed by atoms with Crippen LogP contribution in [0.5, 0.6) is 0 Å². The van der Waals surface area contributed by atoms with E-state index in [0.29, 0.717) is 17.0 Å². The maximum absolute atomic E-state index is 12.0. The van der Waals surface area contributed by atoms with Gasteiger partial charge in [-0.3, -0.25) is 14.4 Å². The summed E-state index contributed by atoms with van der Waals surface area (Å²) < 4.78 is 5.07. The van der Waals surface area contributed by atoms with Crippen LogP contribution in [0.3, 0.4) is 0 Å². The standard InChI is InChI=1S/C12H17N3O5/c1-6(2)11-10(7(3)15-20-11)12(19)14-4-8(16)13-5-9(17)18/h6H,4-5H2,1-3H3,(H,13,16)(H,14,19)(H,17,18). The number of nitrogens with one attached hydrogen (secondary N) is 2. The molecule has 0 saturated heterocycles. The molecule has 2 amide bonds. The van der Waals surface area contributed by atoms with Crippen molar-refractivity contribution in [2.45, 2.75) is 26.7 Å². The Morgan fingerprint density at radius 1 is 1.25 bits per heavy atom. The smallest absolute Gasteiger partial charge is 0.322 e. The zero-order valence-electron chi connectivity index (χ0n) is 11.5. The van der Waals surface area contributed by atoms with E-state index in [2.05, 4.69) is 15.8 Å². The Labute approximate surface area is 115 Å². The first-order valence-electron chi connectivity index (χ1n) is 6.05. The third-order valence-electron chi connectivity index (χ3n) is 2.49. The van der Waals surface area contributed by atoms with Crippen LogP contribution in [-0.4, -0.2) is 41.1 Å². The third-order valence-corrected chi connectivity index (χ3v) is 2.49. The van der Waals surface area contributed by atoms with E-state index >= 15 is 0 Å². The van der Waals surface area contributed by atoms with E-state index in [1.54, 1.807) is 6.92 Å². The molecule has 0 radical (unpaired) electrons. The van der Waals surface area contributed by atoms with Gasteiger partial charge in [0.1, 0.15) is 12.1 Å². The summed E-state index contributed by atoms with van der Waals surface area (Å²) in [7, 11) is 0. The summed E-state index contributed by atoms with van der Waals surface area (Å²) in [5.74, 6) is -1.77. The Balaban J connectivity index is 2.61. The number of rotatable bonds is 6. The van der Waals surface area contributed by atoms with Crippen molar-refractivity contribution in [3.8, 4) is 0 Å². The lowest BCUT2D eigenvalue weighted by atomic mass is 10.0. The van der Waals surface area contributed by atoms with E-state index in [-0.39, 0.29) is 12.5 Å². The highest BCUT2D eigenvalue weighted by atomic mass is 16.5. The van der Waals surface area contributed by atoms with Gasteiger partial charge in [0, 0.05) is 5.92 Å². The molecule has 0 aromatic carbocycles. The van der Waals surface area contributed by atoms with Crippen LogP contribution in [0.1, 0.15) is 41.6 Å². The second-order valence-electron chi connectivity index (χ2n) is 4.52. The summed E-state index contributed by atoms with van der Waals surface area (Å²) in [6, 6.07) is 0. The largest absolute Gasteiger partial charge is 0.480 e. The molecule has 1 aromatic heterocycles. The molecule has 1 heterocycles. The van der Waals surface area contributed by atoms with Crippen LogP contribution >= 0.6 is 0 Å². The molecule has 110 valence electrons. The lowest BCUT2D eigenvalue weighted by Gasteiger charge is -2.07. The van der Waals surface area contributed by atoms with Gasteiger partial charge in [-0.2, -0.15) is 0 Å². The van der Waals surface area contributed by atoms with Crippen LogP contribution < -0.4 is 10.6 Å². The molecular formula is C12H17N3O5. The summed E-state index contributed by atoms with van der Waals surface area (Å²) in [6.07, 6.45) is 0. The second-order valence-corrected chi connectivity index (χ2v) is 4.52. The molecule has 0 atom stereocenters. The quantitative estimate of drug-likeness (QED) is 0.677. The van der Waals surface area contributed by atoms with E-state index in [1.165, 1.54) is 0 Å².